The first-order chi connectivity index (χ1) is 11.6. The molecule has 0 amide bonds. The summed E-state index contributed by atoms with van der Waals surface area (Å²) in [6.07, 6.45) is 1.23. The van der Waals surface area contributed by atoms with E-state index in [0.717, 1.165) is 16.8 Å². The molecule has 0 N–H and O–H groups in total. The first kappa shape index (κ1) is 19.2. The Labute approximate surface area is 150 Å². The molecule has 0 aromatic heterocycles. The molecule has 2 aromatic rings. The summed E-state index contributed by atoms with van der Waals surface area (Å²) in [6.45, 7) is 3.28. The van der Waals surface area contributed by atoms with Crippen LogP contribution in [-0.4, -0.2) is 34.6 Å². The number of carbonyl (C=O) groups is 1. The SMILES string of the molecule is CN(C)c1ccc(S(=O)(=O)CC(C)(C)C=O)c(Cc2ccccc2)c1. The fraction of sp³-hybridized carbons (Fsp3) is 0.350. The molecule has 0 heterocycles. The number of hydrogen-bond acceptors (Lipinski definition) is 4. The van der Waals surface area contributed by atoms with Gasteiger partial charge in [-0.15, -0.1) is 0 Å². The molecule has 0 aliphatic heterocycles. The van der Waals surface area contributed by atoms with E-state index in [2.05, 4.69) is 0 Å². The normalized spacial score (nSPS) is 12.0. The average molecular weight is 359 g/mol. The number of rotatable bonds is 7. The molecule has 0 aliphatic rings. The van der Waals surface area contributed by atoms with E-state index >= 15 is 0 Å². The molecule has 0 bridgehead atoms. The first-order valence-corrected chi connectivity index (χ1v) is 9.83. The van der Waals surface area contributed by atoms with Crippen molar-refractivity contribution >= 4 is 21.8 Å². The Kier molecular flexibility index (Phi) is 5.68. The third kappa shape index (κ3) is 4.92. The number of hydrogen-bond donors (Lipinski definition) is 0. The van der Waals surface area contributed by atoms with Crippen LogP contribution in [0.2, 0.25) is 0 Å². The number of anilines is 1. The fourth-order valence-electron chi connectivity index (χ4n) is 2.70. The predicted octanol–water partition coefficient (Wildman–Crippen LogP) is 3.34. The van der Waals surface area contributed by atoms with Crippen LogP contribution in [0.15, 0.2) is 53.4 Å². The van der Waals surface area contributed by atoms with Gasteiger partial charge in [0.05, 0.1) is 10.6 Å². The van der Waals surface area contributed by atoms with Crippen molar-refractivity contribution in [1.82, 2.24) is 0 Å². The summed E-state index contributed by atoms with van der Waals surface area (Å²) in [5, 5.41) is 0. The van der Waals surface area contributed by atoms with Gasteiger partial charge in [0.1, 0.15) is 6.29 Å². The zero-order valence-electron chi connectivity index (χ0n) is 15.2. The van der Waals surface area contributed by atoms with Crippen LogP contribution in [0, 0.1) is 5.41 Å². The molecule has 0 atom stereocenters. The van der Waals surface area contributed by atoms with E-state index in [1.807, 2.05) is 55.4 Å². The quantitative estimate of drug-likeness (QED) is 0.712. The third-order valence-corrected chi connectivity index (χ3v) is 6.21. The van der Waals surface area contributed by atoms with Crippen molar-refractivity contribution < 1.29 is 13.2 Å². The lowest BCUT2D eigenvalue weighted by molar-refractivity contribution is -0.113. The second-order valence-electron chi connectivity index (χ2n) is 7.21. The van der Waals surface area contributed by atoms with Crippen LogP contribution in [0.5, 0.6) is 0 Å². The second-order valence-corrected chi connectivity index (χ2v) is 9.17. The van der Waals surface area contributed by atoms with Crippen LogP contribution in [-0.2, 0) is 21.1 Å². The standard InChI is InChI=1S/C20H25NO3S/c1-20(2,14-22)15-25(23,24)19-11-10-18(21(3)4)13-17(19)12-16-8-6-5-7-9-16/h5-11,13-14H,12,15H2,1-4H3. The van der Waals surface area contributed by atoms with Crippen molar-refractivity contribution in [2.45, 2.75) is 25.2 Å². The smallest absolute Gasteiger partial charge is 0.179 e. The molecule has 0 aliphatic carbocycles. The summed E-state index contributed by atoms with van der Waals surface area (Å²) >= 11 is 0. The van der Waals surface area contributed by atoms with E-state index in [4.69, 9.17) is 0 Å². The summed E-state index contributed by atoms with van der Waals surface area (Å²) in [7, 11) is 0.271. The zero-order chi connectivity index (χ0) is 18.7. The highest BCUT2D eigenvalue weighted by Gasteiger charge is 2.29. The van der Waals surface area contributed by atoms with Gasteiger partial charge in [0, 0.05) is 25.2 Å². The summed E-state index contributed by atoms with van der Waals surface area (Å²) in [5.74, 6) is -0.202. The maximum atomic E-state index is 12.9. The Morgan fingerprint density at radius 2 is 1.68 bits per heavy atom. The van der Waals surface area contributed by atoms with E-state index in [-0.39, 0.29) is 5.75 Å². The highest BCUT2D eigenvalue weighted by molar-refractivity contribution is 7.91. The van der Waals surface area contributed by atoms with Crippen LogP contribution >= 0.6 is 0 Å². The summed E-state index contributed by atoms with van der Waals surface area (Å²) in [6, 6.07) is 15.1. The maximum absolute atomic E-state index is 12.9. The minimum Gasteiger partial charge on any atom is -0.378 e. The van der Waals surface area contributed by atoms with E-state index in [1.54, 1.807) is 26.0 Å². The summed E-state index contributed by atoms with van der Waals surface area (Å²) < 4.78 is 25.9. The molecule has 0 spiro atoms. The molecule has 2 aromatic carbocycles. The van der Waals surface area contributed by atoms with Gasteiger partial charge < -0.3 is 9.69 Å². The summed E-state index contributed by atoms with van der Waals surface area (Å²) in [5.41, 5.74) is 1.83. The van der Waals surface area contributed by atoms with Crippen LogP contribution < -0.4 is 4.90 Å². The van der Waals surface area contributed by atoms with Crippen molar-refractivity contribution in [2.75, 3.05) is 24.7 Å². The number of benzene rings is 2. The lowest BCUT2D eigenvalue weighted by atomic mass is 10.00. The Morgan fingerprint density at radius 1 is 1.04 bits per heavy atom. The van der Waals surface area contributed by atoms with Crippen molar-refractivity contribution in [3.8, 4) is 0 Å². The number of nitrogens with zero attached hydrogens (tertiary/aromatic N) is 1. The molecule has 134 valence electrons. The Hall–Kier alpha value is -2.14. The van der Waals surface area contributed by atoms with Gasteiger partial charge in [-0.1, -0.05) is 44.2 Å². The van der Waals surface area contributed by atoms with E-state index in [1.165, 1.54) is 0 Å². The highest BCUT2D eigenvalue weighted by atomic mass is 32.2. The van der Waals surface area contributed by atoms with Crippen LogP contribution in [0.4, 0.5) is 5.69 Å². The Bertz CT molecular complexity index is 840. The molecular weight excluding hydrogens is 334 g/mol. The van der Waals surface area contributed by atoms with Crippen LogP contribution in [0.1, 0.15) is 25.0 Å². The zero-order valence-corrected chi connectivity index (χ0v) is 16.0. The van der Waals surface area contributed by atoms with Gasteiger partial charge in [-0.3, -0.25) is 0 Å². The van der Waals surface area contributed by atoms with E-state index in [9.17, 15) is 13.2 Å². The Morgan fingerprint density at radius 3 is 2.24 bits per heavy atom. The monoisotopic (exact) mass is 359 g/mol. The van der Waals surface area contributed by atoms with Crippen molar-refractivity contribution in [1.29, 1.82) is 0 Å². The van der Waals surface area contributed by atoms with Gasteiger partial charge in [0.25, 0.3) is 0 Å². The molecule has 5 heteroatoms. The van der Waals surface area contributed by atoms with Crippen molar-refractivity contribution in [3.63, 3.8) is 0 Å². The molecule has 0 fully saturated rings. The van der Waals surface area contributed by atoms with Gasteiger partial charge in [0.15, 0.2) is 9.84 Å². The summed E-state index contributed by atoms with van der Waals surface area (Å²) in [4.78, 5) is 13.4. The lowest BCUT2D eigenvalue weighted by Crippen LogP contribution is -2.26. The molecule has 2 rings (SSSR count). The molecule has 25 heavy (non-hydrogen) atoms. The molecule has 0 unspecified atom stereocenters. The number of carbonyl (C=O) groups excluding carboxylic acids is 1. The molecule has 0 saturated heterocycles. The van der Waals surface area contributed by atoms with Crippen molar-refractivity contribution in [3.05, 3.63) is 59.7 Å². The third-order valence-electron chi connectivity index (χ3n) is 4.01. The van der Waals surface area contributed by atoms with E-state index in [0.29, 0.717) is 17.6 Å². The maximum Gasteiger partial charge on any atom is 0.179 e. The lowest BCUT2D eigenvalue weighted by Gasteiger charge is -2.20. The van der Waals surface area contributed by atoms with Crippen LogP contribution in [0.25, 0.3) is 0 Å². The minimum absolute atomic E-state index is 0.202. The number of sulfone groups is 1. The van der Waals surface area contributed by atoms with Gasteiger partial charge in [-0.2, -0.15) is 0 Å². The second kappa shape index (κ2) is 7.40. The van der Waals surface area contributed by atoms with E-state index < -0.39 is 15.3 Å². The molecule has 0 radical (unpaired) electrons. The van der Waals surface area contributed by atoms with Gasteiger partial charge in [0.2, 0.25) is 0 Å². The largest absolute Gasteiger partial charge is 0.378 e. The van der Waals surface area contributed by atoms with Crippen LogP contribution in [0.3, 0.4) is 0 Å². The van der Waals surface area contributed by atoms with Gasteiger partial charge >= 0.3 is 0 Å². The topological polar surface area (TPSA) is 54.5 Å². The van der Waals surface area contributed by atoms with Gasteiger partial charge in [-0.05, 0) is 35.7 Å². The highest BCUT2D eigenvalue weighted by Crippen LogP contribution is 2.28. The minimum atomic E-state index is -3.57. The number of aldehydes is 1. The fourth-order valence-corrected chi connectivity index (χ4v) is 4.71. The Balaban J connectivity index is 2.51. The van der Waals surface area contributed by atoms with Crippen molar-refractivity contribution in [2.24, 2.45) is 5.41 Å². The first-order valence-electron chi connectivity index (χ1n) is 8.18. The van der Waals surface area contributed by atoms with Gasteiger partial charge in [-0.25, -0.2) is 8.42 Å². The molecular formula is C20H25NO3S. The molecule has 4 nitrogen and oxygen atoms in total. The average Bonchev–Trinajstić information content (AvgIpc) is 2.54. The predicted molar refractivity (Wildman–Crippen MR) is 102 cm³/mol. The molecule has 0 saturated carbocycles.